The van der Waals surface area contributed by atoms with Crippen LogP contribution in [0.3, 0.4) is 0 Å². The van der Waals surface area contributed by atoms with Crippen LogP contribution < -0.4 is 15.7 Å². The fourth-order valence-corrected chi connectivity index (χ4v) is 2.41. The van der Waals surface area contributed by atoms with Crippen molar-refractivity contribution in [3.63, 3.8) is 0 Å². The number of amidine groups is 1. The first-order chi connectivity index (χ1) is 12.5. The normalized spacial score (nSPS) is 11.8. The molecular weight excluding hydrogens is 433 g/mol. The van der Waals surface area contributed by atoms with Crippen molar-refractivity contribution in [2.75, 3.05) is 32.7 Å². The quantitative estimate of drug-likeness (QED) is 0.149. The maximum absolute atomic E-state index is 13.3. The van der Waals surface area contributed by atoms with E-state index in [1.807, 2.05) is 23.9 Å². The molecule has 0 unspecified atom stereocenters. The van der Waals surface area contributed by atoms with Gasteiger partial charge in [-0.05, 0) is 58.5 Å². The minimum Gasteiger partial charge on any atom is -0.290 e. The van der Waals surface area contributed by atoms with Crippen LogP contribution in [-0.2, 0) is 4.84 Å². The number of rotatable bonds is 9. The topological polar surface area (TPSA) is 120 Å². The summed E-state index contributed by atoms with van der Waals surface area (Å²) < 4.78 is 23.1. The van der Waals surface area contributed by atoms with Crippen molar-refractivity contribution >= 4 is 45.4 Å². The molecule has 0 saturated heterocycles. The van der Waals surface area contributed by atoms with Crippen molar-refractivity contribution in [3.05, 3.63) is 34.2 Å². The molecule has 0 aliphatic heterocycles. The molecule has 0 aliphatic carbocycles. The number of hydroxylamine groups is 1. The lowest BCUT2D eigenvalue weighted by Crippen LogP contribution is -2.23. The average molecular weight is 450 g/mol. The number of benzene rings is 1. The van der Waals surface area contributed by atoms with Gasteiger partial charge in [0.1, 0.15) is 5.82 Å². The number of hydrogen-bond acceptors (Lipinski definition) is 10. The second-order valence-corrected chi connectivity index (χ2v) is 6.94. The van der Waals surface area contributed by atoms with Crippen LogP contribution in [-0.4, -0.2) is 52.9 Å². The molecule has 0 amide bonds. The minimum atomic E-state index is -0.428. The molecule has 2 rings (SSSR count). The summed E-state index contributed by atoms with van der Waals surface area (Å²) >= 11 is 4.50. The van der Waals surface area contributed by atoms with E-state index in [1.165, 1.54) is 30.3 Å². The molecule has 1 heterocycles. The summed E-state index contributed by atoms with van der Waals surface area (Å²) in [4.78, 5) is 9.39. The summed E-state index contributed by atoms with van der Waals surface area (Å²) in [6.07, 6.45) is 0. The highest BCUT2D eigenvalue weighted by Gasteiger charge is 2.17. The molecule has 1 aromatic carbocycles. The fraction of sp³-hybridized carbons (Fsp3) is 0.308. The van der Waals surface area contributed by atoms with Gasteiger partial charge in [-0.15, -0.1) is 0 Å². The molecule has 1 aromatic heterocycles. The van der Waals surface area contributed by atoms with Crippen LogP contribution in [0.25, 0.3) is 0 Å². The standard InChI is InChI=1S/C13H17BrFN7O3S/c1-22(2)26-16-5-6-24-20-13-11(19-25-21-13)12(18-23)17-8-3-4-10(15)9(14)7-8/h3-4,7,16,23H,5-6H2,1-2H3,(H,17,18)(H,20,21). The molecule has 0 fully saturated rings. The predicted molar refractivity (Wildman–Crippen MR) is 98.4 cm³/mol. The number of nitrogens with one attached hydrogen (secondary N) is 3. The molecular formula is C13H17BrFN7O3S. The van der Waals surface area contributed by atoms with E-state index in [4.69, 9.17) is 4.84 Å². The molecule has 0 spiro atoms. The lowest BCUT2D eigenvalue weighted by Gasteiger charge is -2.09. The number of anilines is 1. The number of aliphatic imine (C=N–C) groups is 1. The van der Waals surface area contributed by atoms with Gasteiger partial charge in [-0.3, -0.25) is 15.5 Å². The summed E-state index contributed by atoms with van der Waals surface area (Å²) in [6, 6.07) is 4.11. The van der Waals surface area contributed by atoms with Gasteiger partial charge in [0.25, 0.3) is 0 Å². The number of aromatic nitrogens is 2. The van der Waals surface area contributed by atoms with E-state index < -0.39 is 5.82 Å². The Labute approximate surface area is 161 Å². The second kappa shape index (κ2) is 10.4. The van der Waals surface area contributed by atoms with Crippen LogP contribution in [0.15, 0.2) is 32.3 Å². The van der Waals surface area contributed by atoms with Gasteiger partial charge in [0.05, 0.1) is 16.8 Å². The van der Waals surface area contributed by atoms with E-state index >= 15 is 0 Å². The Morgan fingerprint density at radius 2 is 2.27 bits per heavy atom. The molecule has 0 aliphatic rings. The highest BCUT2D eigenvalue weighted by molar-refractivity contribution is 9.10. The van der Waals surface area contributed by atoms with Crippen molar-refractivity contribution in [2.45, 2.75) is 0 Å². The molecule has 0 bridgehead atoms. The lowest BCUT2D eigenvalue weighted by molar-refractivity contribution is 0.195. The van der Waals surface area contributed by atoms with E-state index in [1.54, 1.807) is 0 Å². The van der Waals surface area contributed by atoms with Gasteiger partial charge in [0, 0.05) is 18.7 Å². The monoisotopic (exact) mass is 449 g/mol. The summed E-state index contributed by atoms with van der Waals surface area (Å²) in [6.45, 7) is 0.899. The largest absolute Gasteiger partial charge is 0.290 e. The van der Waals surface area contributed by atoms with Crippen molar-refractivity contribution in [3.8, 4) is 0 Å². The number of halogens is 2. The first-order valence-corrected chi connectivity index (χ1v) is 8.79. The lowest BCUT2D eigenvalue weighted by atomic mass is 10.3. The van der Waals surface area contributed by atoms with E-state index in [-0.39, 0.29) is 21.8 Å². The van der Waals surface area contributed by atoms with Crippen LogP contribution in [0, 0.1) is 5.82 Å². The third-order valence-electron chi connectivity index (χ3n) is 2.68. The second-order valence-electron chi connectivity index (χ2n) is 4.88. The maximum atomic E-state index is 13.3. The SMILES string of the molecule is CN(C)SNCCONc1nonc1C(=Nc1ccc(F)c(Br)c1)NO. The third-order valence-corrected chi connectivity index (χ3v) is 3.99. The van der Waals surface area contributed by atoms with Crippen molar-refractivity contribution in [2.24, 2.45) is 4.99 Å². The number of nitrogens with zero attached hydrogens (tertiary/aromatic N) is 4. The smallest absolute Gasteiger partial charge is 0.225 e. The van der Waals surface area contributed by atoms with Gasteiger partial charge in [-0.1, -0.05) is 0 Å². The molecule has 0 atom stereocenters. The minimum absolute atomic E-state index is 0.0582. The Balaban J connectivity index is 2.00. The van der Waals surface area contributed by atoms with Crippen LogP contribution in [0.5, 0.6) is 0 Å². The Morgan fingerprint density at radius 3 is 2.96 bits per heavy atom. The molecule has 26 heavy (non-hydrogen) atoms. The van der Waals surface area contributed by atoms with E-state index in [0.29, 0.717) is 18.8 Å². The first-order valence-electron chi connectivity index (χ1n) is 7.23. The van der Waals surface area contributed by atoms with Crippen molar-refractivity contribution < 1.29 is 19.1 Å². The first kappa shape index (κ1) is 20.5. The van der Waals surface area contributed by atoms with Crippen molar-refractivity contribution in [1.82, 2.24) is 24.8 Å². The van der Waals surface area contributed by atoms with Crippen LogP contribution in [0.1, 0.15) is 5.69 Å². The molecule has 142 valence electrons. The Bertz CT molecular complexity index is 746. The summed E-state index contributed by atoms with van der Waals surface area (Å²) in [7, 11) is 3.82. The van der Waals surface area contributed by atoms with Crippen molar-refractivity contribution in [1.29, 1.82) is 0 Å². The van der Waals surface area contributed by atoms with E-state index in [9.17, 15) is 9.60 Å². The molecule has 10 nitrogen and oxygen atoms in total. The molecule has 2 aromatic rings. The highest BCUT2D eigenvalue weighted by Crippen LogP contribution is 2.23. The van der Waals surface area contributed by atoms with Crippen LogP contribution >= 0.6 is 28.1 Å². The van der Waals surface area contributed by atoms with Gasteiger partial charge in [-0.25, -0.2) is 28.5 Å². The van der Waals surface area contributed by atoms with Gasteiger partial charge >= 0.3 is 0 Å². The summed E-state index contributed by atoms with van der Waals surface area (Å²) in [5, 5.41) is 16.7. The fourth-order valence-electron chi connectivity index (χ4n) is 1.61. The molecule has 13 heteroatoms. The van der Waals surface area contributed by atoms with Crippen LogP contribution in [0.2, 0.25) is 0 Å². The molecule has 0 saturated carbocycles. The third kappa shape index (κ3) is 6.19. The zero-order valence-electron chi connectivity index (χ0n) is 13.9. The van der Waals surface area contributed by atoms with E-state index in [2.05, 4.69) is 46.1 Å². The van der Waals surface area contributed by atoms with E-state index in [0.717, 1.165) is 0 Å². The number of hydrogen-bond donors (Lipinski definition) is 4. The van der Waals surface area contributed by atoms with Gasteiger partial charge in [0.15, 0.2) is 11.5 Å². The summed E-state index contributed by atoms with van der Waals surface area (Å²) in [5.74, 6) is -0.369. The van der Waals surface area contributed by atoms with Gasteiger partial charge < -0.3 is 0 Å². The van der Waals surface area contributed by atoms with Gasteiger partial charge in [0.2, 0.25) is 5.82 Å². The maximum Gasteiger partial charge on any atom is 0.225 e. The predicted octanol–water partition coefficient (Wildman–Crippen LogP) is 2.09. The zero-order chi connectivity index (χ0) is 18.9. The Hall–Kier alpha value is -1.77. The van der Waals surface area contributed by atoms with Gasteiger partial charge in [-0.2, -0.15) is 0 Å². The molecule has 0 radical (unpaired) electrons. The molecule has 4 N–H and O–H groups in total. The average Bonchev–Trinajstić information content (AvgIpc) is 3.07. The highest BCUT2D eigenvalue weighted by atomic mass is 79.9. The Morgan fingerprint density at radius 1 is 1.46 bits per heavy atom. The summed E-state index contributed by atoms with van der Waals surface area (Å²) in [5.41, 5.74) is 4.94. The zero-order valence-corrected chi connectivity index (χ0v) is 16.3. The van der Waals surface area contributed by atoms with Crippen LogP contribution in [0.4, 0.5) is 15.9 Å². The Kier molecular flexibility index (Phi) is 8.21.